The Morgan fingerprint density at radius 2 is 1.37 bits per heavy atom. The quantitative estimate of drug-likeness (QED) is 0.369. The van der Waals surface area contributed by atoms with Crippen LogP contribution < -0.4 is 9.47 Å². The Labute approximate surface area is 173 Å². The summed E-state index contributed by atoms with van der Waals surface area (Å²) in [5, 5.41) is 0. The molecular formula is C22H22O8. The lowest BCUT2D eigenvalue weighted by molar-refractivity contribution is -0.162. The Kier molecular flexibility index (Phi) is 7.69. The Balaban J connectivity index is 2.53. The van der Waals surface area contributed by atoms with Crippen LogP contribution >= 0.6 is 0 Å². The third-order valence-electron chi connectivity index (χ3n) is 3.97. The number of benzene rings is 2. The van der Waals surface area contributed by atoms with Crippen LogP contribution in [-0.2, 0) is 23.9 Å². The highest BCUT2D eigenvalue weighted by molar-refractivity contribution is 6.03. The Morgan fingerprint density at radius 3 is 1.90 bits per heavy atom. The standard InChI is InChI=1S/C22H22O8/c1-13(23)28-19-8-6-5-7-18(19)20(26)22(30-15(3)25)21(29-14(2)24)16-9-11-17(27-4)12-10-16/h5-12,21-22H,1-4H3. The lowest BCUT2D eigenvalue weighted by atomic mass is 9.96. The van der Waals surface area contributed by atoms with Crippen molar-refractivity contribution < 1.29 is 38.1 Å². The van der Waals surface area contributed by atoms with Gasteiger partial charge in [0.15, 0.2) is 6.10 Å². The Hall–Kier alpha value is -3.68. The number of para-hydroxylation sites is 1. The second-order valence-electron chi connectivity index (χ2n) is 6.29. The summed E-state index contributed by atoms with van der Waals surface area (Å²) in [5.41, 5.74) is 0.417. The minimum absolute atomic E-state index is 0.00320. The highest BCUT2D eigenvalue weighted by Crippen LogP contribution is 2.31. The van der Waals surface area contributed by atoms with E-state index in [-0.39, 0.29) is 11.3 Å². The topological polar surface area (TPSA) is 105 Å². The number of ether oxygens (including phenoxy) is 4. The highest BCUT2D eigenvalue weighted by atomic mass is 16.6. The van der Waals surface area contributed by atoms with Gasteiger partial charge in [0.1, 0.15) is 11.5 Å². The smallest absolute Gasteiger partial charge is 0.308 e. The van der Waals surface area contributed by atoms with Gasteiger partial charge in [0.2, 0.25) is 11.9 Å². The second kappa shape index (κ2) is 10.2. The van der Waals surface area contributed by atoms with Crippen molar-refractivity contribution in [1.29, 1.82) is 0 Å². The fourth-order valence-corrected chi connectivity index (χ4v) is 2.78. The molecule has 2 aromatic carbocycles. The minimum atomic E-state index is -1.50. The SMILES string of the molecule is COc1ccc(C(OC(C)=O)C(OC(C)=O)C(=O)c2ccccc2OC(C)=O)cc1. The van der Waals surface area contributed by atoms with E-state index in [0.717, 1.165) is 6.92 Å². The molecule has 0 saturated heterocycles. The largest absolute Gasteiger partial charge is 0.497 e. The summed E-state index contributed by atoms with van der Waals surface area (Å²) in [6.07, 6.45) is -2.73. The molecule has 30 heavy (non-hydrogen) atoms. The molecule has 0 aliphatic heterocycles. The molecule has 2 atom stereocenters. The molecular weight excluding hydrogens is 392 g/mol. The Bertz CT molecular complexity index is 932. The van der Waals surface area contributed by atoms with Gasteiger partial charge in [0, 0.05) is 20.8 Å². The molecule has 8 nitrogen and oxygen atoms in total. The van der Waals surface area contributed by atoms with Crippen molar-refractivity contribution in [1.82, 2.24) is 0 Å². The lowest BCUT2D eigenvalue weighted by Crippen LogP contribution is -2.35. The first kappa shape index (κ1) is 22.6. The van der Waals surface area contributed by atoms with E-state index in [4.69, 9.17) is 18.9 Å². The van der Waals surface area contributed by atoms with Crippen molar-refractivity contribution in [2.45, 2.75) is 33.0 Å². The molecule has 0 N–H and O–H groups in total. The van der Waals surface area contributed by atoms with E-state index < -0.39 is 35.9 Å². The fourth-order valence-electron chi connectivity index (χ4n) is 2.78. The summed E-state index contributed by atoms with van der Waals surface area (Å²) in [6, 6.07) is 12.4. The van der Waals surface area contributed by atoms with E-state index in [1.54, 1.807) is 36.4 Å². The molecule has 0 amide bonds. The van der Waals surface area contributed by atoms with Crippen LogP contribution in [0.5, 0.6) is 11.5 Å². The molecule has 0 aliphatic rings. The summed E-state index contributed by atoms with van der Waals surface area (Å²) in [5.74, 6) is -2.17. The number of carbonyl (C=O) groups is 4. The van der Waals surface area contributed by atoms with E-state index in [0.29, 0.717) is 11.3 Å². The molecule has 0 bridgehead atoms. The molecule has 0 aromatic heterocycles. The van der Waals surface area contributed by atoms with E-state index >= 15 is 0 Å². The molecule has 0 aliphatic carbocycles. The van der Waals surface area contributed by atoms with Crippen LogP contribution in [0.1, 0.15) is 42.8 Å². The van der Waals surface area contributed by atoms with E-state index in [1.165, 1.54) is 33.1 Å². The maximum absolute atomic E-state index is 13.3. The van der Waals surface area contributed by atoms with Crippen molar-refractivity contribution in [2.75, 3.05) is 7.11 Å². The van der Waals surface area contributed by atoms with E-state index in [9.17, 15) is 19.2 Å². The van der Waals surface area contributed by atoms with Crippen LogP contribution in [-0.4, -0.2) is 36.9 Å². The van der Waals surface area contributed by atoms with Crippen molar-refractivity contribution in [3.8, 4) is 11.5 Å². The first-order valence-corrected chi connectivity index (χ1v) is 9.03. The van der Waals surface area contributed by atoms with Gasteiger partial charge in [-0.05, 0) is 29.8 Å². The van der Waals surface area contributed by atoms with E-state index in [1.807, 2.05) is 0 Å². The number of esters is 3. The first-order valence-electron chi connectivity index (χ1n) is 9.03. The number of hydrogen-bond acceptors (Lipinski definition) is 8. The van der Waals surface area contributed by atoms with Gasteiger partial charge in [-0.15, -0.1) is 0 Å². The summed E-state index contributed by atoms with van der Waals surface area (Å²) in [4.78, 5) is 48.2. The monoisotopic (exact) mass is 414 g/mol. The predicted octanol–water partition coefficient (Wildman–Crippen LogP) is 3.04. The summed E-state index contributed by atoms with van der Waals surface area (Å²) < 4.78 is 20.8. The van der Waals surface area contributed by atoms with Crippen LogP contribution in [0.3, 0.4) is 0 Å². The molecule has 8 heteroatoms. The Morgan fingerprint density at radius 1 is 0.767 bits per heavy atom. The van der Waals surface area contributed by atoms with Gasteiger partial charge in [-0.1, -0.05) is 24.3 Å². The van der Waals surface area contributed by atoms with Gasteiger partial charge < -0.3 is 18.9 Å². The van der Waals surface area contributed by atoms with Crippen LogP contribution in [0.4, 0.5) is 0 Å². The van der Waals surface area contributed by atoms with Crippen molar-refractivity contribution in [2.24, 2.45) is 0 Å². The number of rotatable bonds is 8. The van der Waals surface area contributed by atoms with Crippen LogP contribution in [0.25, 0.3) is 0 Å². The number of carbonyl (C=O) groups excluding carboxylic acids is 4. The number of methoxy groups -OCH3 is 1. The van der Waals surface area contributed by atoms with Crippen molar-refractivity contribution in [3.63, 3.8) is 0 Å². The zero-order chi connectivity index (χ0) is 22.3. The third kappa shape index (κ3) is 5.91. The number of hydrogen-bond donors (Lipinski definition) is 0. The summed E-state index contributed by atoms with van der Waals surface area (Å²) >= 11 is 0. The molecule has 2 rings (SSSR count). The van der Waals surface area contributed by atoms with Crippen molar-refractivity contribution in [3.05, 3.63) is 59.7 Å². The molecule has 158 valence electrons. The molecule has 0 spiro atoms. The average molecular weight is 414 g/mol. The molecule has 0 saturated carbocycles. The maximum atomic E-state index is 13.3. The molecule has 2 aromatic rings. The van der Waals surface area contributed by atoms with Gasteiger partial charge in [0.25, 0.3) is 0 Å². The van der Waals surface area contributed by atoms with Crippen molar-refractivity contribution >= 4 is 23.7 Å². The van der Waals surface area contributed by atoms with Gasteiger partial charge >= 0.3 is 17.9 Å². The van der Waals surface area contributed by atoms with Crippen LogP contribution in [0.2, 0.25) is 0 Å². The summed E-state index contributed by atoms with van der Waals surface area (Å²) in [6.45, 7) is 3.51. The molecule has 0 heterocycles. The molecule has 2 unspecified atom stereocenters. The normalized spacial score (nSPS) is 12.3. The zero-order valence-electron chi connectivity index (χ0n) is 17.0. The van der Waals surface area contributed by atoms with Crippen LogP contribution in [0, 0.1) is 0 Å². The average Bonchev–Trinajstić information content (AvgIpc) is 2.70. The van der Waals surface area contributed by atoms with Gasteiger partial charge in [-0.2, -0.15) is 0 Å². The van der Waals surface area contributed by atoms with Crippen LogP contribution in [0.15, 0.2) is 48.5 Å². The minimum Gasteiger partial charge on any atom is -0.497 e. The molecule has 0 fully saturated rings. The van der Waals surface area contributed by atoms with Gasteiger partial charge in [-0.25, -0.2) is 0 Å². The second-order valence-corrected chi connectivity index (χ2v) is 6.29. The fraction of sp³-hybridized carbons (Fsp3) is 0.273. The van der Waals surface area contributed by atoms with Gasteiger partial charge in [0.05, 0.1) is 12.7 Å². The summed E-state index contributed by atoms with van der Waals surface area (Å²) in [7, 11) is 1.50. The predicted molar refractivity (Wildman–Crippen MR) is 105 cm³/mol. The molecule has 0 radical (unpaired) electrons. The maximum Gasteiger partial charge on any atom is 0.308 e. The zero-order valence-corrected chi connectivity index (χ0v) is 17.0. The van der Waals surface area contributed by atoms with Gasteiger partial charge in [-0.3, -0.25) is 19.2 Å². The highest BCUT2D eigenvalue weighted by Gasteiger charge is 2.37. The lowest BCUT2D eigenvalue weighted by Gasteiger charge is -2.26. The number of ketones is 1. The first-order chi connectivity index (χ1) is 14.2. The third-order valence-corrected chi connectivity index (χ3v) is 3.97. The number of Topliss-reactive ketones (excluding diaryl/α,β-unsaturated/α-hetero) is 1. The van der Waals surface area contributed by atoms with E-state index in [2.05, 4.69) is 0 Å².